The number of aryl methyl sites for hydroxylation is 3. The molecule has 0 N–H and O–H groups in total. The summed E-state index contributed by atoms with van der Waals surface area (Å²) in [6.07, 6.45) is 3.68. The van der Waals surface area contributed by atoms with E-state index in [4.69, 9.17) is 9.72 Å². The first-order valence-corrected chi connectivity index (χ1v) is 18.3. The van der Waals surface area contributed by atoms with Crippen LogP contribution in [-0.4, -0.2) is 16.2 Å². The Hall–Kier alpha value is -6.40. The molecular formula is C47H39FN4O. The van der Waals surface area contributed by atoms with Crippen LogP contribution in [0.5, 0.6) is 11.5 Å². The lowest BCUT2D eigenvalue weighted by Crippen LogP contribution is -2.24. The van der Waals surface area contributed by atoms with Crippen LogP contribution in [0, 0.1) is 12.7 Å². The van der Waals surface area contributed by atoms with E-state index in [0.29, 0.717) is 12.4 Å². The highest BCUT2D eigenvalue weighted by molar-refractivity contribution is 6.09. The Morgan fingerprint density at radius 3 is 2.08 bits per heavy atom. The Balaban J connectivity index is 1.20. The fourth-order valence-corrected chi connectivity index (χ4v) is 7.91. The van der Waals surface area contributed by atoms with Crippen molar-refractivity contribution in [3.63, 3.8) is 0 Å². The van der Waals surface area contributed by atoms with Gasteiger partial charge in [-0.25, -0.2) is 9.37 Å². The van der Waals surface area contributed by atoms with Crippen molar-refractivity contribution in [2.45, 2.75) is 33.6 Å². The Morgan fingerprint density at radius 2 is 1.32 bits per heavy atom. The number of ether oxygens (including phenoxy) is 1. The molecule has 6 aromatic carbocycles. The van der Waals surface area contributed by atoms with Gasteiger partial charge < -0.3 is 14.5 Å². The van der Waals surface area contributed by atoms with Gasteiger partial charge in [-0.3, -0.25) is 4.57 Å². The highest BCUT2D eigenvalue weighted by atomic mass is 19.1. The molecule has 0 saturated carbocycles. The van der Waals surface area contributed by atoms with Crippen LogP contribution in [0.3, 0.4) is 0 Å². The zero-order valence-electron chi connectivity index (χ0n) is 30.1. The minimum atomic E-state index is -0.250. The Kier molecular flexibility index (Phi) is 8.15. The molecule has 1 aliphatic rings. The summed E-state index contributed by atoms with van der Waals surface area (Å²) in [5, 5.41) is 2.30. The number of pyridine rings is 1. The molecule has 9 rings (SSSR count). The van der Waals surface area contributed by atoms with E-state index >= 15 is 4.39 Å². The molecule has 5 nitrogen and oxygen atoms in total. The number of benzene rings is 6. The van der Waals surface area contributed by atoms with Crippen molar-refractivity contribution in [1.29, 1.82) is 0 Å². The summed E-state index contributed by atoms with van der Waals surface area (Å²) < 4.78 is 24.4. The molecule has 3 heterocycles. The summed E-state index contributed by atoms with van der Waals surface area (Å²) in [5.41, 5.74) is 11.7. The van der Waals surface area contributed by atoms with Crippen LogP contribution >= 0.6 is 0 Å². The maximum absolute atomic E-state index is 15.3. The first-order valence-electron chi connectivity index (χ1n) is 18.3. The fourth-order valence-electron chi connectivity index (χ4n) is 7.91. The van der Waals surface area contributed by atoms with Crippen LogP contribution in [0.1, 0.15) is 30.5 Å². The third kappa shape index (κ3) is 5.67. The Labute approximate surface area is 309 Å². The van der Waals surface area contributed by atoms with Gasteiger partial charge in [0, 0.05) is 34.8 Å². The van der Waals surface area contributed by atoms with Crippen LogP contribution in [0.4, 0.5) is 27.1 Å². The highest BCUT2D eigenvalue weighted by Gasteiger charge is 2.30. The average molecular weight is 695 g/mol. The number of rotatable bonds is 8. The summed E-state index contributed by atoms with van der Waals surface area (Å²) in [4.78, 5) is 9.07. The molecular weight excluding hydrogens is 656 g/mol. The summed E-state index contributed by atoms with van der Waals surface area (Å²) >= 11 is 0. The number of hydrogen-bond donors (Lipinski definition) is 0. The van der Waals surface area contributed by atoms with Crippen LogP contribution < -0.4 is 14.5 Å². The first kappa shape index (κ1) is 32.5. The third-order valence-electron chi connectivity index (χ3n) is 10.4. The van der Waals surface area contributed by atoms with Gasteiger partial charge in [0.25, 0.3) is 0 Å². The highest BCUT2D eigenvalue weighted by Crippen LogP contribution is 2.47. The lowest BCUT2D eigenvalue weighted by atomic mass is 9.91. The molecule has 0 fully saturated rings. The van der Waals surface area contributed by atoms with Gasteiger partial charge in [0.05, 0.1) is 28.1 Å². The number of fused-ring (bicyclic) bond motifs is 4. The summed E-state index contributed by atoms with van der Waals surface area (Å²) in [5.74, 6) is 2.07. The summed E-state index contributed by atoms with van der Waals surface area (Å²) in [6.45, 7) is 6.96. The second kappa shape index (κ2) is 13.3. The van der Waals surface area contributed by atoms with E-state index in [2.05, 4.69) is 127 Å². The van der Waals surface area contributed by atoms with E-state index < -0.39 is 0 Å². The zero-order chi connectivity index (χ0) is 36.1. The molecule has 260 valence electrons. The quantitative estimate of drug-likeness (QED) is 0.159. The van der Waals surface area contributed by atoms with Gasteiger partial charge in [0.1, 0.15) is 29.8 Å². The molecule has 0 saturated heterocycles. The normalized spacial score (nSPS) is 12.5. The summed E-state index contributed by atoms with van der Waals surface area (Å²) in [7, 11) is 0. The smallest absolute Gasteiger partial charge is 0.146 e. The second-order valence-corrected chi connectivity index (χ2v) is 13.6. The third-order valence-corrected chi connectivity index (χ3v) is 10.4. The SMILES string of the molecule is CCc1cccc(CC)c1-c1cc(Oc2ccc3c4ccccc4n(-c4cc(C)ccn4)c3c2)cc(N2CN(c3ccccc3F)c3ccccc32)c1. The van der Waals surface area contributed by atoms with E-state index in [0.717, 1.165) is 80.2 Å². The summed E-state index contributed by atoms with van der Waals surface area (Å²) in [6, 6.07) is 47.2. The number of hydrogen-bond acceptors (Lipinski definition) is 4. The number of halogens is 1. The van der Waals surface area contributed by atoms with Crippen LogP contribution in [0.25, 0.3) is 38.8 Å². The average Bonchev–Trinajstić information content (AvgIpc) is 3.73. The molecule has 0 atom stereocenters. The maximum Gasteiger partial charge on any atom is 0.146 e. The minimum Gasteiger partial charge on any atom is -0.457 e. The zero-order valence-corrected chi connectivity index (χ0v) is 30.1. The Morgan fingerprint density at radius 1 is 0.623 bits per heavy atom. The van der Waals surface area contributed by atoms with E-state index in [1.165, 1.54) is 22.8 Å². The van der Waals surface area contributed by atoms with E-state index in [-0.39, 0.29) is 5.82 Å². The van der Waals surface area contributed by atoms with Crippen LogP contribution in [0.15, 0.2) is 146 Å². The molecule has 0 aliphatic carbocycles. The van der Waals surface area contributed by atoms with Gasteiger partial charge in [-0.15, -0.1) is 0 Å². The lowest BCUT2D eigenvalue weighted by molar-refractivity contribution is 0.483. The minimum absolute atomic E-state index is 0.250. The van der Waals surface area contributed by atoms with Gasteiger partial charge in [0.15, 0.2) is 0 Å². The van der Waals surface area contributed by atoms with E-state index in [1.807, 2.05) is 41.4 Å². The molecule has 0 amide bonds. The van der Waals surface area contributed by atoms with Crippen molar-refractivity contribution in [3.05, 3.63) is 168 Å². The first-order chi connectivity index (χ1) is 26.0. The predicted molar refractivity (Wildman–Crippen MR) is 216 cm³/mol. The number of nitrogens with zero attached hydrogens (tertiary/aromatic N) is 4. The molecule has 0 unspecified atom stereocenters. The predicted octanol–water partition coefficient (Wildman–Crippen LogP) is 12.5. The van der Waals surface area contributed by atoms with Crippen molar-refractivity contribution >= 4 is 44.6 Å². The van der Waals surface area contributed by atoms with Gasteiger partial charge in [-0.05, 0) is 114 Å². The number of para-hydroxylation sites is 4. The van der Waals surface area contributed by atoms with Gasteiger partial charge >= 0.3 is 0 Å². The number of anilines is 4. The van der Waals surface area contributed by atoms with Crippen molar-refractivity contribution in [2.24, 2.45) is 0 Å². The molecule has 0 radical (unpaired) electrons. The topological polar surface area (TPSA) is 33.5 Å². The fraction of sp³-hybridized carbons (Fsp3) is 0.128. The lowest BCUT2D eigenvalue weighted by Gasteiger charge is -2.24. The maximum atomic E-state index is 15.3. The standard InChI is InChI=1S/C47H39FN4O/c1-4-32-13-12-14-33(5-2)47(32)34-26-35(50-30-51(42-18-9-7-16-40(42)48)44-20-11-10-19-43(44)50)28-37(27-34)53-36-21-22-39-38-15-6-8-17-41(38)52(45(39)29-36)46-25-31(3)23-24-49-46/h6-29H,4-5,30H2,1-3H3. The van der Waals surface area contributed by atoms with Crippen LogP contribution in [-0.2, 0) is 12.8 Å². The molecule has 53 heavy (non-hydrogen) atoms. The monoisotopic (exact) mass is 694 g/mol. The van der Waals surface area contributed by atoms with E-state index in [9.17, 15) is 0 Å². The number of aromatic nitrogens is 2. The largest absolute Gasteiger partial charge is 0.457 e. The second-order valence-electron chi connectivity index (χ2n) is 13.6. The van der Waals surface area contributed by atoms with Crippen molar-refractivity contribution in [3.8, 4) is 28.4 Å². The molecule has 0 spiro atoms. The van der Waals surface area contributed by atoms with Crippen molar-refractivity contribution in [1.82, 2.24) is 9.55 Å². The molecule has 6 heteroatoms. The Bertz CT molecular complexity index is 2640. The van der Waals surface area contributed by atoms with E-state index in [1.54, 1.807) is 6.07 Å². The molecule has 1 aliphatic heterocycles. The van der Waals surface area contributed by atoms with Crippen LogP contribution in [0.2, 0.25) is 0 Å². The van der Waals surface area contributed by atoms with Gasteiger partial charge in [0.2, 0.25) is 0 Å². The van der Waals surface area contributed by atoms with Gasteiger partial charge in [-0.1, -0.05) is 74.5 Å². The molecule has 8 aromatic rings. The van der Waals surface area contributed by atoms with Gasteiger partial charge in [-0.2, -0.15) is 0 Å². The van der Waals surface area contributed by atoms with Crippen molar-refractivity contribution in [2.75, 3.05) is 16.5 Å². The molecule has 2 aromatic heterocycles. The van der Waals surface area contributed by atoms with Crippen molar-refractivity contribution < 1.29 is 9.13 Å². The molecule has 0 bridgehead atoms.